The van der Waals surface area contributed by atoms with Gasteiger partial charge in [-0.25, -0.2) is 4.39 Å². The highest BCUT2D eigenvalue weighted by Gasteiger charge is 2.39. The maximum atomic E-state index is 13.7. The first kappa shape index (κ1) is 30.2. The number of fused-ring (bicyclic) bond motifs is 5. The second-order valence-electron chi connectivity index (χ2n) is 11.9. The van der Waals surface area contributed by atoms with E-state index in [0.29, 0.717) is 56.7 Å². The van der Waals surface area contributed by atoms with Crippen LogP contribution >= 0.6 is 0 Å². The quantitative estimate of drug-likeness (QED) is 0.362. The molecule has 0 spiro atoms. The lowest BCUT2D eigenvalue weighted by atomic mass is 9.99. The number of likely N-dealkylation sites (tertiary alicyclic amines) is 1. The second kappa shape index (κ2) is 13.4. The summed E-state index contributed by atoms with van der Waals surface area (Å²) in [6, 6.07) is 18.4. The largest absolute Gasteiger partial charge is 0.493 e. The van der Waals surface area contributed by atoms with Gasteiger partial charge in [0.2, 0.25) is 5.91 Å². The SMILES string of the molecule is O=C1N[C@H]2C[C@@H](C(=O)NC[C@H]3O[C@H](CCOc4cc(-c5ccc(CO)cc5)ccc41)CC[C@@H]3O)N(Cc1ccc(F)cc1)C2. The molecule has 10 heteroatoms. The number of carbonyl (C=O) groups excluding carboxylic acids is 2. The summed E-state index contributed by atoms with van der Waals surface area (Å²) in [4.78, 5) is 29.2. The van der Waals surface area contributed by atoms with Crippen LogP contribution in [0.1, 0.15) is 47.2 Å². The maximum Gasteiger partial charge on any atom is 0.255 e. The Bertz CT molecular complexity index is 1470. The van der Waals surface area contributed by atoms with Crippen molar-refractivity contribution < 1.29 is 33.7 Å². The number of rotatable bonds is 4. The number of amides is 2. The number of carbonyl (C=O) groups is 2. The van der Waals surface area contributed by atoms with Gasteiger partial charge in [0.15, 0.2) is 0 Å². The Morgan fingerprint density at radius 2 is 1.68 bits per heavy atom. The van der Waals surface area contributed by atoms with Crippen LogP contribution in [0, 0.1) is 5.82 Å². The van der Waals surface area contributed by atoms with Gasteiger partial charge in [-0.15, -0.1) is 0 Å². The van der Waals surface area contributed by atoms with Gasteiger partial charge >= 0.3 is 0 Å². The molecule has 3 aliphatic heterocycles. The number of nitrogens with zero attached hydrogens (tertiary/aromatic N) is 1. The minimum absolute atomic E-state index is 0.0418. The van der Waals surface area contributed by atoms with Crippen molar-refractivity contribution in [1.29, 1.82) is 0 Å². The second-order valence-corrected chi connectivity index (χ2v) is 11.9. The van der Waals surface area contributed by atoms with E-state index in [1.807, 2.05) is 41.3 Å². The van der Waals surface area contributed by atoms with Crippen LogP contribution in [-0.2, 0) is 22.7 Å². The van der Waals surface area contributed by atoms with Gasteiger partial charge in [-0.1, -0.05) is 42.5 Å². The lowest BCUT2D eigenvalue weighted by Crippen LogP contribution is -2.50. The lowest BCUT2D eigenvalue weighted by Gasteiger charge is -2.34. The summed E-state index contributed by atoms with van der Waals surface area (Å²) in [6.07, 6.45) is 0.790. The molecule has 3 heterocycles. The summed E-state index contributed by atoms with van der Waals surface area (Å²) >= 11 is 0. The standard InChI is InChI=1S/C34H38FN3O6/c35-25-8-3-21(4-9-25)18-38-19-26-16-29(38)34(42)36-17-32-30(40)12-10-27(44-32)13-14-43-31-15-24(7-11-28(31)33(41)37-26)23-5-1-22(20-39)2-6-23/h1-9,11,15,26-27,29-30,32,39-40H,10,12-14,16-20H2,(H,36,42)(H,37,41)/t26-,27-,29-,30-,32+/m0/s1. The van der Waals surface area contributed by atoms with Crippen LogP contribution in [0.25, 0.3) is 11.1 Å². The summed E-state index contributed by atoms with van der Waals surface area (Å²) < 4.78 is 26.0. The molecule has 6 rings (SSSR count). The number of aliphatic hydroxyl groups excluding tert-OH is 2. The molecule has 0 aromatic heterocycles. The minimum Gasteiger partial charge on any atom is -0.493 e. The molecule has 3 aliphatic rings. The van der Waals surface area contributed by atoms with Crippen molar-refractivity contribution >= 4 is 11.8 Å². The fourth-order valence-electron chi connectivity index (χ4n) is 6.32. The Kier molecular flexibility index (Phi) is 9.22. The molecule has 0 saturated carbocycles. The van der Waals surface area contributed by atoms with Crippen molar-refractivity contribution in [2.24, 2.45) is 0 Å². The Hall–Kier alpha value is -3.83. The van der Waals surface area contributed by atoms with Gasteiger partial charge in [0, 0.05) is 32.1 Å². The van der Waals surface area contributed by atoms with Gasteiger partial charge in [-0.3, -0.25) is 14.5 Å². The Morgan fingerprint density at radius 3 is 2.45 bits per heavy atom. The lowest BCUT2D eigenvalue weighted by molar-refractivity contribution is -0.133. The van der Waals surface area contributed by atoms with Crippen LogP contribution in [0.4, 0.5) is 4.39 Å². The van der Waals surface area contributed by atoms with E-state index in [2.05, 4.69) is 10.6 Å². The fraction of sp³-hybridized carbons (Fsp3) is 0.412. The van der Waals surface area contributed by atoms with E-state index < -0.39 is 18.2 Å². The molecule has 4 bridgehead atoms. The van der Waals surface area contributed by atoms with Gasteiger partial charge in [0.25, 0.3) is 5.91 Å². The van der Waals surface area contributed by atoms with Crippen molar-refractivity contribution in [2.45, 2.75) is 69.2 Å². The van der Waals surface area contributed by atoms with Crippen molar-refractivity contribution in [3.05, 3.63) is 89.2 Å². The molecule has 4 N–H and O–H groups in total. The summed E-state index contributed by atoms with van der Waals surface area (Å²) in [6.45, 7) is 1.28. The Balaban J connectivity index is 1.29. The monoisotopic (exact) mass is 603 g/mol. The predicted octanol–water partition coefficient (Wildman–Crippen LogP) is 3.17. The number of nitrogens with one attached hydrogen (secondary N) is 2. The maximum absolute atomic E-state index is 13.7. The van der Waals surface area contributed by atoms with Crippen LogP contribution in [0.3, 0.4) is 0 Å². The van der Waals surface area contributed by atoms with Gasteiger partial charge in [-0.05, 0) is 65.8 Å². The van der Waals surface area contributed by atoms with Crippen LogP contribution in [0.5, 0.6) is 5.75 Å². The molecule has 0 aliphatic carbocycles. The molecule has 0 unspecified atom stereocenters. The number of hydrogen-bond acceptors (Lipinski definition) is 7. The molecular weight excluding hydrogens is 565 g/mol. The molecule has 0 radical (unpaired) electrons. The van der Waals surface area contributed by atoms with Crippen LogP contribution in [-0.4, -0.2) is 77.0 Å². The van der Waals surface area contributed by atoms with Crippen LogP contribution < -0.4 is 15.4 Å². The highest BCUT2D eigenvalue weighted by molar-refractivity contribution is 5.98. The van der Waals surface area contributed by atoms with Crippen LogP contribution in [0.2, 0.25) is 0 Å². The summed E-state index contributed by atoms with van der Waals surface area (Å²) in [7, 11) is 0. The zero-order chi connectivity index (χ0) is 30.6. The van der Waals surface area contributed by atoms with Gasteiger partial charge in [0.1, 0.15) is 17.7 Å². The molecule has 2 saturated heterocycles. The number of ether oxygens (including phenoxy) is 2. The summed E-state index contributed by atoms with van der Waals surface area (Å²) in [5, 5.41) is 26.1. The predicted molar refractivity (Wildman–Crippen MR) is 161 cm³/mol. The summed E-state index contributed by atoms with van der Waals surface area (Å²) in [5.74, 6) is -0.377. The highest BCUT2D eigenvalue weighted by atomic mass is 19.1. The van der Waals surface area contributed by atoms with E-state index in [9.17, 15) is 24.2 Å². The molecule has 2 fully saturated rings. The molecule has 3 aromatic rings. The zero-order valence-corrected chi connectivity index (χ0v) is 24.5. The van der Waals surface area contributed by atoms with Gasteiger partial charge < -0.3 is 30.3 Å². The van der Waals surface area contributed by atoms with Crippen molar-refractivity contribution in [1.82, 2.24) is 15.5 Å². The van der Waals surface area contributed by atoms with Gasteiger partial charge in [0.05, 0.1) is 37.0 Å². The van der Waals surface area contributed by atoms with Gasteiger partial charge in [-0.2, -0.15) is 0 Å². The van der Waals surface area contributed by atoms with Crippen molar-refractivity contribution in [3.8, 4) is 16.9 Å². The first-order chi connectivity index (χ1) is 21.4. The Morgan fingerprint density at radius 1 is 0.932 bits per heavy atom. The topological polar surface area (TPSA) is 120 Å². The summed E-state index contributed by atoms with van der Waals surface area (Å²) in [5.41, 5.74) is 3.85. The smallest absolute Gasteiger partial charge is 0.255 e. The average molecular weight is 604 g/mol. The first-order valence-electron chi connectivity index (χ1n) is 15.2. The molecule has 44 heavy (non-hydrogen) atoms. The fourth-order valence-corrected chi connectivity index (χ4v) is 6.32. The third kappa shape index (κ3) is 6.94. The third-order valence-electron chi connectivity index (χ3n) is 8.79. The molecular formula is C34H38FN3O6. The van der Waals surface area contributed by atoms with E-state index >= 15 is 0 Å². The zero-order valence-electron chi connectivity index (χ0n) is 24.5. The molecule has 2 amide bonds. The molecule has 9 nitrogen and oxygen atoms in total. The van der Waals surface area contributed by atoms with E-state index in [1.54, 1.807) is 18.2 Å². The normalized spacial score (nSPS) is 26.3. The van der Waals surface area contributed by atoms with E-state index in [-0.39, 0.29) is 42.9 Å². The van der Waals surface area contributed by atoms with Crippen molar-refractivity contribution in [3.63, 3.8) is 0 Å². The van der Waals surface area contributed by atoms with Crippen molar-refractivity contribution in [2.75, 3.05) is 19.7 Å². The highest BCUT2D eigenvalue weighted by Crippen LogP contribution is 2.30. The molecule has 3 aromatic carbocycles. The third-order valence-corrected chi connectivity index (χ3v) is 8.79. The number of benzene rings is 3. The number of hydrogen-bond donors (Lipinski definition) is 4. The first-order valence-corrected chi connectivity index (χ1v) is 15.2. The molecule has 232 valence electrons. The number of halogens is 1. The van der Waals surface area contributed by atoms with E-state index in [4.69, 9.17) is 9.47 Å². The average Bonchev–Trinajstić information content (AvgIpc) is 3.43. The Labute approximate surface area is 256 Å². The minimum atomic E-state index is -0.683. The van der Waals surface area contributed by atoms with E-state index in [1.165, 1.54) is 12.1 Å². The number of aliphatic hydroxyl groups is 2. The van der Waals surface area contributed by atoms with Crippen LogP contribution in [0.15, 0.2) is 66.7 Å². The molecule has 5 atom stereocenters. The van der Waals surface area contributed by atoms with E-state index in [0.717, 1.165) is 22.3 Å².